The second kappa shape index (κ2) is 7.30. The van der Waals surface area contributed by atoms with E-state index in [1.54, 1.807) is 0 Å². The van der Waals surface area contributed by atoms with E-state index < -0.39 is 0 Å². The van der Waals surface area contributed by atoms with Gasteiger partial charge in [-0.05, 0) is 22.8 Å². The van der Waals surface area contributed by atoms with Gasteiger partial charge in [0.1, 0.15) is 6.61 Å². The molecule has 0 aromatic heterocycles. The first kappa shape index (κ1) is 17.1. The van der Waals surface area contributed by atoms with E-state index in [0.717, 1.165) is 17.4 Å². The summed E-state index contributed by atoms with van der Waals surface area (Å²) in [6.45, 7) is 2.39. The Bertz CT molecular complexity index is 741. The molecule has 0 spiro atoms. The van der Waals surface area contributed by atoms with Crippen molar-refractivity contribution in [1.29, 1.82) is 0 Å². The molecule has 4 N–H and O–H groups in total. The van der Waals surface area contributed by atoms with Crippen molar-refractivity contribution in [3.05, 3.63) is 48.0 Å². The quantitative estimate of drug-likeness (QED) is 0.899. The first-order valence-corrected chi connectivity index (χ1v) is 7.25. The van der Waals surface area contributed by atoms with Crippen LogP contribution in [0, 0.1) is 0 Å². The summed E-state index contributed by atoms with van der Waals surface area (Å²) in [5.74, 6) is 0.425. The first-order valence-electron chi connectivity index (χ1n) is 7.25. The van der Waals surface area contributed by atoms with Crippen LogP contribution in [0.25, 0.3) is 10.8 Å². The predicted molar refractivity (Wildman–Crippen MR) is 95.1 cm³/mol. The molecule has 1 atom stereocenters. The minimum Gasteiger partial charge on any atom is -0.368 e. The standard InChI is InChI=1S/C16H19N5O.ClH/c1-2-14-19-15(17)20-16(18)21(14)22-10-12-8-5-7-11-6-3-4-9-13(11)12;/h3-9,14H,2,10H2,1H3,(H4,17,18,19,20);1H. The summed E-state index contributed by atoms with van der Waals surface area (Å²) in [6, 6.07) is 14.3. The maximum Gasteiger partial charge on any atom is 0.225 e. The smallest absolute Gasteiger partial charge is 0.225 e. The molecule has 3 rings (SSSR count). The molecule has 0 fully saturated rings. The Morgan fingerprint density at radius 1 is 1.13 bits per heavy atom. The van der Waals surface area contributed by atoms with Gasteiger partial charge in [0.25, 0.3) is 0 Å². The monoisotopic (exact) mass is 333 g/mol. The van der Waals surface area contributed by atoms with Crippen LogP contribution in [0.3, 0.4) is 0 Å². The van der Waals surface area contributed by atoms with Gasteiger partial charge in [0.15, 0.2) is 6.17 Å². The summed E-state index contributed by atoms with van der Waals surface area (Å²) in [5, 5.41) is 3.87. The lowest BCUT2D eigenvalue weighted by Gasteiger charge is -2.30. The van der Waals surface area contributed by atoms with Crippen LogP contribution >= 0.6 is 12.4 Å². The maximum atomic E-state index is 5.90. The van der Waals surface area contributed by atoms with Crippen LogP contribution < -0.4 is 11.5 Å². The van der Waals surface area contributed by atoms with Crippen LogP contribution in [0.4, 0.5) is 0 Å². The Morgan fingerprint density at radius 3 is 2.65 bits per heavy atom. The van der Waals surface area contributed by atoms with Crippen LogP contribution in [-0.2, 0) is 11.4 Å². The van der Waals surface area contributed by atoms with Gasteiger partial charge >= 0.3 is 0 Å². The molecule has 1 aliphatic heterocycles. The minimum atomic E-state index is -0.243. The number of nitrogens with two attached hydrogens (primary N) is 2. The summed E-state index contributed by atoms with van der Waals surface area (Å²) in [7, 11) is 0. The Morgan fingerprint density at radius 2 is 1.87 bits per heavy atom. The lowest BCUT2D eigenvalue weighted by molar-refractivity contribution is -0.139. The van der Waals surface area contributed by atoms with Crippen molar-refractivity contribution in [2.24, 2.45) is 21.5 Å². The van der Waals surface area contributed by atoms with E-state index in [0.29, 0.717) is 6.61 Å². The largest absolute Gasteiger partial charge is 0.368 e. The molecule has 1 unspecified atom stereocenters. The normalized spacial score (nSPS) is 17.4. The average molecular weight is 334 g/mol. The van der Waals surface area contributed by atoms with Gasteiger partial charge in [-0.25, -0.2) is 4.99 Å². The van der Waals surface area contributed by atoms with E-state index in [9.17, 15) is 0 Å². The van der Waals surface area contributed by atoms with Crippen molar-refractivity contribution in [2.75, 3.05) is 0 Å². The zero-order valence-corrected chi connectivity index (χ0v) is 13.7. The van der Waals surface area contributed by atoms with Gasteiger partial charge in [-0.15, -0.1) is 12.4 Å². The number of hydroxylamine groups is 2. The van der Waals surface area contributed by atoms with Crippen LogP contribution in [0.1, 0.15) is 18.9 Å². The number of guanidine groups is 2. The Kier molecular flexibility index (Phi) is 5.41. The van der Waals surface area contributed by atoms with E-state index in [1.807, 2.05) is 31.2 Å². The van der Waals surface area contributed by atoms with E-state index in [1.165, 1.54) is 10.4 Å². The number of halogens is 1. The number of aliphatic imine (C=N–C) groups is 2. The third kappa shape index (κ3) is 3.55. The summed E-state index contributed by atoms with van der Waals surface area (Å²) < 4.78 is 0. The molecule has 0 radical (unpaired) electrons. The summed E-state index contributed by atoms with van der Waals surface area (Å²) in [6.07, 6.45) is 0.486. The number of benzene rings is 2. The van der Waals surface area contributed by atoms with Crippen molar-refractivity contribution in [3.63, 3.8) is 0 Å². The maximum absolute atomic E-state index is 5.90. The Balaban J connectivity index is 0.00000192. The molecule has 1 heterocycles. The van der Waals surface area contributed by atoms with Crippen LogP contribution in [-0.4, -0.2) is 23.1 Å². The fourth-order valence-corrected chi connectivity index (χ4v) is 2.52. The average Bonchev–Trinajstić information content (AvgIpc) is 2.53. The lowest BCUT2D eigenvalue weighted by Crippen LogP contribution is -2.47. The molecule has 0 saturated heterocycles. The van der Waals surface area contributed by atoms with Gasteiger partial charge < -0.3 is 11.5 Å². The minimum absolute atomic E-state index is 0. The Hall–Kier alpha value is -2.31. The van der Waals surface area contributed by atoms with E-state index in [4.69, 9.17) is 16.3 Å². The fourth-order valence-electron chi connectivity index (χ4n) is 2.52. The van der Waals surface area contributed by atoms with E-state index in [-0.39, 0.29) is 30.5 Å². The zero-order valence-electron chi connectivity index (χ0n) is 12.8. The number of nitrogens with zero attached hydrogens (tertiary/aromatic N) is 3. The number of rotatable bonds is 4. The highest BCUT2D eigenvalue weighted by Gasteiger charge is 2.24. The van der Waals surface area contributed by atoms with Crippen molar-refractivity contribution < 1.29 is 4.84 Å². The lowest BCUT2D eigenvalue weighted by atomic mass is 10.1. The topological polar surface area (TPSA) is 89.2 Å². The SMILES string of the molecule is CCC1N=C(N)N=C(N)N1OCc1cccc2ccccc12.Cl. The third-order valence-corrected chi connectivity index (χ3v) is 3.61. The van der Waals surface area contributed by atoms with Crippen molar-refractivity contribution in [2.45, 2.75) is 26.1 Å². The van der Waals surface area contributed by atoms with E-state index >= 15 is 0 Å². The highest BCUT2D eigenvalue weighted by atomic mass is 35.5. The highest BCUT2D eigenvalue weighted by molar-refractivity contribution is 5.94. The third-order valence-electron chi connectivity index (χ3n) is 3.61. The first-order chi connectivity index (χ1) is 10.7. The number of hydrogen-bond acceptors (Lipinski definition) is 6. The molecule has 0 amide bonds. The van der Waals surface area contributed by atoms with Crippen LogP contribution in [0.2, 0.25) is 0 Å². The zero-order chi connectivity index (χ0) is 15.5. The van der Waals surface area contributed by atoms with Crippen LogP contribution in [0.5, 0.6) is 0 Å². The second-order valence-electron chi connectivity index (χ2n) is 5.08. The molecule has 2 aromatic carbocycles. The van der Waals surface area contributed by atoms with Crippen molar-refractivity contribution in [1.82, 2.24) is 5.06 Å². The van der Waals surface area contributed by atoms with Gasteiger partial charge in [-0.3, -0.25) is 4.84 Å². The molecule has 0 bridgehead atoms. The Labute approximate surface area is 141 Å². The van der Waals surface area contributed by atoms with Gasteiger partial charge in [-0.1, -0.05) is 49.4 Å². The van der Waals surface area contributed by atoms with Crippen LogP contribution in [0.15, 0.2) is 52.4 Å². The number of fused-ring (bicyclic) bond motifs is 1. The summed E-state index contributed by atoms with van der Waals surface area (Å²) in [5.41, 5.74) is 12.6. The molecule has 6 nitrogen and oxygen atoms in total. The van der Waals surface area contributed by atoms with Gasteiger partial charge in [-0.2, -0.15) is 10.1 Å². The number of hydrogen-bond donors (Lipinski definition) is 2. The van der Waals surface area contributed by atoms with Crippen molar-refractivity contribution >= 4 is 35.1 Å². The molecule has 0 aliphatic carbocycles. The van der Waals surface area contributed by atoms with Gasteiger partial charge in [0.2, 0.25) is 11.9 Å². The predicted octanol–water partition coefficient (Wildman–Crippen LogP) is 2.37. The second-order valence-corrected chi connectivity index (χ2v) is 5.08. The molecular formula is C16H20ClN5O. The van der Waals surface area contributed by atoms with Gasteiger partial charge in [0, 0.05) is 0 Å². The van der Waals surface area contributed by atoms with Gasteiger partial charge in [0.05, 0.1) is 0 Å². The molecule has 0 saturated carbocycles. The summed E-state index contributed by atoms with van der Waals surface area (Å²) >= 11 is 0. The molecular weight excluding hydrogens is 314 g/mol. The molecule has 23 heavy (non-hydrogen) atoms. The highest BCUT2D eigenvalue weighted by Crippen LogP contribution is 2.20. The molecule has 122 valence electrons. The van der Waals surface area contributed by atoms with Crippen molar-refractivity contribution in [3.8, 4) is 0 Å². The fraction of sp³-hybridized carbons (Fsp3) is 0.250. The molecule has 2 aromatic rings. The van der Waals surface area contributed by atoms with E-state index in [2.05, 4.69) is 28.2 Å². The molecule has 7 heteroatoms. The summed E-state index contributed by atoms with van der Waals surface area (Å²) in [4.78, 5) is 14.1. The molecule has 1 aliphatic rings.